The smallest absolute Gasteiger partial charge is 0.416 e. The standard InChI is InChI=1S/C25H19F3N2O2/c1-32-23(31)14-20-16-30(22-9-5-8-21(15-22)25(26,27)28)29-24(20)19-12-10-18(11-13-19)17-6-3-2-4-7-17/h2-13,15-16H,14H2,1H3. The summed E-state index contributed by atoms with van der Waals surface area (Å²) in [6.07, 6.45) is -2.95. The second kappa shape index (κ2) is 8.70. The molecule has 7 heteroatoms. The molecule has 0 radical (unpaired) electrons. The third kappa shape index (κ3) is 4.56. The molecule has 0 amide bonds. The van der Waals surface area contributed by atoms with Crippen LogP contribution in [0.25, 0.3) is 28.1 Å². The van der Waals surface area contributed by atoms with Crippen molar-refractivity contribution in [3.63, 3.8) is 0 Å². The zero-order valence-electron chi connectivity index (χ0n) is 17.1. The van der Waals surface area contributed by atoms with Gasteiger partial charge < -0.3 is 4.74 Å². The van der Waals surface area contributed by atoms with E-state index >= 15 is 0 Å². The Morgan fingerprint density at radius 2 is 1.56 bits per heavy atom. The Labute approximate surface area is 182 Å². The first-order valence-electron chi connectivity index (χ1n) is 9.84. The molecule has 0 saturated carbocycles. The van der Waals surface area contributed by atoms with Crippen LogP contribution in [0.2, 0.25) is 0 Å². The van der Waals surface area contributed by atoms with Crippen molar-refractivity contribution in [3.8, 4) is 28.1 Å². The Morgan fingerprint density at radius 1 is 0.906 bits per heavy atom. The van der Waals surface area contributed by atoms with Crippen LogP contribution in [0.3, 0.4) is 0 Å². The number of nitrogens with zero attached hydrogens (tertiary/aromatic N) is 2. The topological polar surface area (TPSA) is 44.1 Å². The molecule has 3 aromatic carbocycles. The number of ether oxygens (including phenoxy) is 1. The summed E-state index contributed by atoms with van der Waals surface area (Å²) < 4.78 is 45.5. The molecule has 0 unspecified atom stereocenters. The molecule has 0 bridgehead atoms. The van der Waals surface area contributed by atoms with Gasteiger partial charge in [0, 0.05) is 17.3 Å². The highest BCUT2D eigenvalue weighted by Gasteiger charge is 2.30. The van der Waals surface area contributed by atoms with Gasteiger partial charge in [0.15, 0.2) is 0 Å². The van der Waals surface area contributed by atoms with E-state index < -0.39 is 17.7 Å². The number of hydrogen-bond donors (Lipinski definition) is 0. The highest BCUT2D eigenvalue weighted by atomic mass is 19.4. The normalized spacial score (nSPS) is 11.4. The zero-order chi connectivity index (χ0) is 22.7. The number of benzene rings is 3. The third-order valence-electron chi connectivity index (χ3n) is 5.06. The van der Waals surface area contributed by atoms with Crippen molar-refractivity contribution in [1.82, 2.24) is 9.78 Å². The first-order valence-corrected chi connectivity index (χ1v) is 9.84. The van der Waals surface area contributed by atoms with Gasteiger partial charge in [0.25, 0.3) is 0 Å². The molecule has 4 aromatic rings. The number of halogens is 3. The van der Waals surface area contributed by atoms with Crippen LogP contribution >= 0.6 is 0 Å². The van der Waals surface area contributed by atoms with Crippen LogP contribution in [0.4, 0.5) is 13.2 Å². The number of alkyl halides is 3. The first-order chi connectivity index (χ1) is 15.3. The quantitative estimate of drug-likeness (QED) is 0.364. The Hall–Kier alpha value is -3.87. The van der Waals surface area contributed by atoms with Gasteiger partial charge >= 0.3 is 12.1 Å². The summed E-state index contributed by atoms with van der Waals surface area (Å²) in [6, 6.07) is 22.4. The monoisotopic (exact) mass is 436 g/mol. The van der Waals surface area contributed by atoms with E-state index in [1.807, 2.05) is 54.6 Å². The van der Waals surface area contributed by atoms with Crippen LogP contribution in [0, 0.1) is 0 Å². The van der Waals surface area contributed by atoms with E-state index in [2.05, 4.69) is 5.10 Å². The van der Waals surface area contributed by atoms with E-state index in [1.165, 1.54) is 23.9 Å². The minimum atomic E-state index is -4.46. The molecule has 0 spiro atoms. The molecule has 1 aromatic heterocycles. The van der Waals surface area contributed by atoms with Crippen LogP contribution in [0.5, 0.6) is 0 Å². The Balaban J connectivity index is 1.75. The second-order valence-electron chi connectivity index (χ2n) is 7.19. The predicted molar refractivity (Wildman–Crippen MR) is 115 cm³/mol. The van der Waals surface area contributed by atoms with Gasteiger partial charge in [0.05, 0.1) is 30.5 Å². The van der Waals surface area contributed by atoms with Gasteiger partial charge in [-0.2, -0.15) is 18.3 Å². The second-order valence-corrected chi connectivity index (χ2v) is 7.19. The van der Waals surface area contributed by atoms with E-state index in [-0.39, 0.29) is 12.1 Å². The average molecular weight is 436 g/mol. The van der Waals surface area contributed by atoms with Crippen molar-refractivity contribution in [3.05, 3.63) is 96.2 Å². The summed E-state index contributed by atoms with van der Waals surface area (Å²) in [6.45, 7) is 0. The maximum absolute atomic E-state index is 13.1. The lowest BCUT2D eigenvalue weighted by molar-refractivity contribution is -0.140. The van der Waals surface area contributed by atoms with E-state index in [9.17, 15) is 18.0 Å². The zero-order valence-corrected chi connectivity index (χ0v) is 17.1. The molecule has 0 aliphatic heterocycles. The number of carbonyl (C=O) groups excluding carboxylic acids is 1. The average Bonchev–Trinajstić information content (AvgIpc) is 3.23. The molecule has 4 nitrogen and oxygen atoms in total. The number of esters is 1. The van der Waals surface area contributed by atoms with Crippen LogP contribution < -0.4 is 0 Å². The number of aromatic nitrogens is 2. The fraction of sp³-hybridized carbons (Fsp3) is 0.120. The predicted octanol–water partition coefficient (Wildman–Crippen LogP) is 5.94. The molecule has 0 aliphatic rings. The lowest BCUT2D eigenvalue weighted by Gasteiger charge is -2.08. The van der Waals surface area contributed by atoms with Crippen LogP contribution in [0.15, 0.2) is 85.1 Å². The highest BCUT2D eigenvalue weighted by molar-refractivity contribution is 5.77. The van der Waals surface area contributed by atoms with Crippen molar-refractivity contribution >= 4 is 5.97 Å². The molecule has 32 heavy (non-hydrogen) atoms. The van der Waals surface area contributed by atoms with Gasteiger partial charge in [-0.1, -0.05) is 60.7 Å². The highest BCUT2D eigenvalue weighted by Crippen LogP contribution is 2.31. The maximum Gasteiger partial charge on any atom is 0.416 e. The van der Waals surface area contributed by atoms with Gasteiger partial charge in [-0.05, 0) is 29.3 Å². The Morgan fingerprint density at radius 3 is 2.22 bits per heavy atom. The first kappa shape index (κ1) is 21.4. The molecule has 1 heterocycles. The van der Waals surface area contributed by atoms with Crippen LogP contribution in [0.1, 0.15) is 11.1 Å². The van der Waals surface area contributed by atoms with Crippen LogP contribution in [-0.2, 0) is 22.1 Å². The molecule has 0 saturated heterocycles. The van der Waals surface area contributed by atoms with Gasteiger partial charge in [-0.25, -0.2) is 4.68 Å². The Bertz CT molecular complexity index is 1230. The van der Waals surface area contributed by atoms with Gasteiger partial charge in [0.1, 0.15) is 0 Å². The lowest BCUT2D eigenvalue weighted by Crippen LogP contribution is -2.06. The number of hydrogen-bond acceptors (Lipinski definition) is 3. The van der Waals surface area contributed by atoms with Gasteiger partial charge in [-0.3, -0.25) is 4.79 Å². The number of rotatable bonds is 5. The summed E-state index contributed by atoms with van der Waals surface area (Å²) in [5.74, 6) is -0.462. The molecule has 0 N–H and O–H groups in total. The van der Waals surface area contributed by atoms with E-state index in [0.717, 1.165) is 28.8 Å². The SMILES string of the molecule is COC(=O)Cc1cn(-c2cccc(C(F)(F)F)c2)nc1-c1ccc(-c2ccccc2)cc1. The van der Waals surface area contributed by atoms with Gasteiger partial charge in [-0.15, -0.1) is 0 Å². The fourth-order valence-corrected chi connectivity index (χ4v) is 3.42. The van der Waals surface area contributed by atoms with E-state index in [1.54, 1.807) is 6.20 Å². The molecule has 0 fully saturated rings. The lowest BCUT2D eigenvalue weighted by atomic mass is 10.0. The van der Waals surface area contributed by atoms with Crippen LogP contribution in [-0.4, -0.2) is 22.9 Å². The molecule has 0 atom stereocenters. The van der Waals surface area contributed by atoms with Crippen molar-refractivity contribution in [1.29, 1.82) is 0 Å². The summed E-state index contributed by atoms with van der Waals surface area (Å²) in [5.41, 5.74) is 3.36. The molecule has 0 aliphatic carbocycles. The number of methoxy groups -OCH3 is 1. The summed E-state index contributed by atoms with van der Waals surface area (Å²) in [4.78, 5) is 11.9. The summed E-state index contributed by atoms with van der Waals surface area (Å²) in [5, 5.41) is 4.51. The molecule has 162 valence electrons. The summed E-state index contributed by atoms with van der Waals surface area (Å²) in [7, 11) is 1.29. The van der Waals surface area contributed by atoms with Crippen molar-refractivity contribution in [2.24, 2.45) is 0 Å². The minimum Gasteiger partial charge on any atom is -0.469 e. The van der Waals surface area contributed by atoms with Crippen molar-refractivity contribution < 1.29 is 22.7 Å². The van der Waals surface area contributed by atoms with E-state index in [4.69, 9.17) is 4.74 Å². The fourth-order valence-electron chi connectivity index (χ4n) is 3.42. The molecular formula is C25H19F3N2O2. The number of carbonyl (C=O) groups is 1. The summed E-state index contributed by atoms with van der Waals surface area (Å²) >= 11 is 0. The van der Waals surface area contributed by atoms with Crippen molar-refractivity contribution in [2.45, 2.75) is 12.6 Å². The molecular weight excluding hydrogens is 417 g/mol. The minimum absolute atomic E-state index is 0.0504. The Kier molecular flexibility index (Phi) is 5.81. The van der Waals surface area contributed by atoms with Crippen molar-refractivity contribution in [2.75, 3.05) is 7.11 Å². The largest absolute Gasteiger partial charge is 0.469 e. The maximum atomic E-state index is 13.1. The van der Waals surface area contributed by atoms with Gasteiger partial charge in [0.2, 0.25) is 0 Å². The third-order valence-corrected chi connectivity index (χ3v) is 5.06. The van der Waals surface area contributed by atoms with E-state index in [0.29, 0.717) is 11.3 Å². The molecule has 4 rings (SSSR count).